The zero-order valence-electron chi connectivity index (χ0n) is 5.49. The Balaban J connectivity index is 4.11. The van der Waals surface area contributed by atoms with Crippen LogP contribution in [0.15, 0.2) is 17.2 Å². The minimum absolute atomic E-state index is 0.657. The number of hydrogen-bond acceptors (Lipinski definition) is 1. The highest BCUT2D eigenvalue weighted by molar-refractivity contribution is 5.56. The van der Waals surface area contributed by atoms with Crippen molar-refractivity contribution in [3.05, 3.63) is 17.2 Å². The summed E-state index contributed by atoms with van der Waals surface area (Å²) < 4.78 is 0. The molecule has 1 heteroatoms. The summed E-state index contributed by atoms with van der Waals surface area (Å²) in [6.07, 6.45) is 1.80. The molecule has 0 aromatic rings. The van der Waals surface area contributed by atoms with E-state index in [1.807, 2.05) is 13.8 Å². The summed E-state index contributed by atoms with van der Waals surface area (Å²) in [6.45, 7) is 5.63. The molecule has 0 aliphatic carbocycles. The molecule has 8 heavy (non-hydrogen) atoms. The second-order valence-electron chi connectivity index (χ2n) is 2.01. The topological polar surface area (TPSA) is 17.1 Å². The molecule has 0 aromatic heterocycles. The molecule has 0 atom stereocenters. The van der Waals surface area contributed by atoms with Crippen molar-refractivity contribution in [2.75, 3.05) is 0 Å². The molecule has 0 heterocycles. The molecule has 0 bridgehead atoms. The van der Waals surface area contributed by atoms with E-state index in [9.17, 15) is 4.79 Å². The SMILES string of the molecule is CC(=C=O)C=C(C)C. The van der Waals surface area contributed by atoms with E-state index < -0.39 is 0 Å². The number of rotatable bonds is 1. The van der Waals surface area contributed by atoms with E-state index in [-0.39, 0.29) is 0 Å². The summed E-state index contributed by atoms with van der Waals surface area (Å²) in [7, 11) is 0. The lowest BCUT2D eigenvalue weighted by molar-refractivity contribution is 0.567. The number of allylic oxidation sites excluding steroid dienone is 3. The van der Waals surface area contributed by atoms with Crippen LogP contribution < -0.4 is 0 Å². The highest BCUT2D eigenvalue weighted by Crippen LogP contribution is 1.94. The summed E-state index contributed by atoms with van der Waals surface area (Å²) in [6, 6.07) is 0. The minimum Gasteiger partial charge on any atom is -0.233 e. The third kappa shape index (κ3) is 3.38. The predicted molar refractivity (Wildman–Crippen MR) is 34.3 cm³/mol. The van der Waals surface area contributed by atoms with Gasteiger partial charge in [-0.25, -0.2) is 4.79 Å². The molecule has 1 nitrogen and oxygen atoms in total. The molecule has 0 unspecified atom stereocenters. The van der Waals surface area contributed by atoms with Gasteiger partial charge in [0, 0.05) is 5.57 Å². The molecule has 0 radical (unpaired) electrons. The van der Waals surface area contributed by atoms with Gasteiger partial charge in [0.15, 0.2) is 0 Å². The van der Waals surface area contributed by atoms with Gasteiger partial charge in [0.1, 0.15) is 5.94 Å². The lowest BCUT2D eigenvalue weighted by Gasteiger charge is -1.83. The first-order valence-electron chi connectivity index (χ1n) is 2.53. The Morgan fingerprint density at radius 3 is 2.00 bits per heavy atom. The van der Waals surface area contributed by atoms with Crippen molar-refractivity contribution in [1.29, 1.82) is 0 Å². The van der Waals surface area contributed by atoms with Crippen molar-refractivity contribution in [3.8, 4) is 0 Å². The normalized spacial score (nSPS) is 7.38. The molecule has 0 aliphatic rings. The van der Waals surface area contributed by atoms with Gasteiger partial charge < -0.3 is 0 Å². The molecule has 0 fully saturated rings. The molecule has 0 saturated carbocycles. The monoisotopic (exact) mass is 110 g/mol. The first kappa shape index (κ1) is 7.19. The second kappa shape index (κ2) is 3.23. The van der Waals surface area contributed by atoms with Gasteiger partial charge in [-0.05, 0) is 26.8 Å². The van der Waals surface area contributed by atoms with Gasteiger partial charge in [-0.1, -0.05) is 5.57 Å². The van der Waals surface area contributed by atoms with E-state index in [0.29, 0.717) is 5.57 Å². The molecule has 0 saturated heterocycles. The fourth-order valence-corrected chi connectivity index (χ4v) is 0.462. The van der Waals surface area contributed by atoms with Crippen molar-refractivity contribution in [3.63, 3.8) is 0 Å². The number of carbonyl (C=O) groups excluding carboxylic acids is 1. The molecule has 0 amide bonds. The summed E-state index contributed by atoms with van der Waals surface area (Å²) in [5.74, 6) is 1.79. The van der Waals surface area contributed by atoms with Crippen LogP contribution in [0.25, 0.3) is 0 Å². The molecule has 0 N–H and O–H groups in total. The molecule has 0 spiro atoms. The Hall–Kier alpha value is -0.810. The van der Waals surface area contributed by atoms with Crippen LogP contribution in [0.5, 0.6) is 0 Å². The summed E-state index contributed by atoms with van der Waals surface area (Å²) >= 11 is 0. The summed E-state index contributed by atoms with van der Waals surface area (Å²) in [5.41, 5.74) is 1.79. The largest absolute Gasteiger partial charge is 0.233 e. The zero-order chi connectivity index (χ0) is 6.57. The zero-order valence-corrected chi connectivity index (χ0v) is 5.49. The summed E-state index contributed by atoms with van der Waals surface area (Å²) in [5, 5.41) is 0. The molecule has 0 aliphatic heterocycles. The first-order chi connectivity index (χ1) is 3.66. The summed E-state index contributed by atoms with van der Waals surface area (Å²) in [4.78, 5) is 9.83. The number of hydrogen-bond donors (Lipinski definition) is 0. The average Bonchev–Trinajstić information content (AvgIpc) is 1.65. The van der Waals surface area contributed by atoms with Crippen LogP contribution in [-0.2, 0) is 4.79 Å². The van der Waals surface area contributed by atoms with E-state index >= 15 is 0 Å². The van der Waals surface area contributed by atoms with Crippen LogP contribution in [0.2, 0.25) is 0 Å². The Kier molecular flexibility index (Phi) is 2.90. The van der Waals surface area contributed by atoms with Crippen LogP contribution in [0.4, 0.5) is 0 Å². The van der Waals surface area contributed by atoms with Gasteiger partial charge in [-0.15, -0.1) is 0 Å². The van der Waals surface area contributed by atoms with Gasteiger partial charge in [-0.3, -0.25) is 0 Å². The average molecular weight is 110 g/mol. The van der Waals surface area contributed by atoms with E-state index in [2.05, 4.69) is 0 Å². The van der Waals surface area contributed by atoms with Gasteiger partial charge in [0.05, 0.1) is 0 Å². The lowest BCUT2D eigenvalue weighted by Crippen LogP contribution is -1.69. The fourth-order valence-electron chi connectivity index (χ4n) is 0.462. The highest BCUT2D eigenvalue weighted by atomic mass is 16.1. The van der Waals surface area contributed by atoms with Crippen molar-refractivity contribution in [2.45, 2.75) is 20.8 Å². The predicted octanol–water partition coefficient (Wildman–Crippen LogP) is 1.73. The molecular formula is C7H10O. The third-order valence-corrected chi connectivity index (χ3v) is 0.666. The third-order valence-electron chi connectivity index (χ3n) is 0.666. The van der Waals surface area contributed by atoms with Crippen molar-refractivity contribution in [1.82, 2.24) is 0 Å². The minimum atomic E-state index is 0.657. The molecule has 44 valence electrons. The van der Waals surface area contributed by atoms with Crippen molar-refractivity contribution >= 4 is 5.94 Å². The van der Waals surface area contributed by atoms with Crippen molar-refractivity contribution < 1.29 is 4.79 Å². The molecule has 0 aromatic carbocycles. The quantitative estimate of drug-likeness (QED) is 0.371. The Morgan fingerprint density at radius 1 is 1.38 bits per heavy atom. The van der Waals surface area contributed by atoms with Gasteiger partial charge in [0.25, 0.3) is 0 Å². The van der Waals surface area contributed by atoms with Crippen LogP contribution in [0, 0.1) is 0 Å². The lowest BCUT2D eigenvalue weighted by atomic mass is 10.2. The van der Waals surface area contributed by atoms with Gasteiger partial charge in [-0.2, -0.15) is 0 Å². The van der Waals surface area contributed by atoms with Crippen molar-refractivity contribution in [2.24, 2.45) is 0 Å². The van der Waals surface area contributed by atoms with Crippen LogP contribution in [-0.4, -0.2) is 5.94 Å². The van der Waals surface area contributed by atoms with Gasteiger partial charge in [0.2, 0.25) is 0 Å². The maximum atomic E-state index is 9.83. The van der Waals surface area contributed by atoms with Crippen LogP contribution in [0.1, 0.15) is 20.8 Å². The Bertz CT molecular complexity index is 144. The Labute approximate surface area is 49.7 Å². The van der Waals surface area contributed by atoms with Gasteiger partial charge >= 0.3 is 0 Å². The van der Waals surface area contributed by atoms with E-state index in [0.717, 1.165) is 5.57 Å². The highest BCUT2D eigenvalue weighted by Gasteiger charge is 1.79. The maximum Gasteiger partial charge on any atom is 0.127 e. The van der Waals surface area contributed by atoms with E-state index in [4.69, 9.17) is 0 Å². The smallest absolute Gasteiger partial charge is 0.127 e. The molecule has 0 rings (SSSR count). The first-order valence-corrected chi connectivity index (χ1v) is 2.53. The fraction of sp³-hybridized carbons (Fsp3) is 0.429. The maximum absolute atomic E-state index is 9.83. The second-order valence-corrected chi connectivity index (χ2v) is 2.01. The molecular weight excluding hydrogens is 100 g/mol. The van der Waals surface area contributed by atoms with E-state index in [1.165, 1.54) is 0 Å². The standard InChI is InChI=1S/C7H10O/c1-6(2)4-7(3)5-8/h4H,1-3H3. The Morgan fingerprint density at radius 2 is 1.88 bits per heavy atom. The van der Waals surface area contributed by atoms with E-state index in [1.54, 1.807) is 18.9 Å². The van der Waals surface area contributed by atoms with Crippen LogP contribution >= 0.6 is 0 Å². The van der Waals surface area contributed by atoms with Crippen LogP contribution in [0.3, 0.4) is 0 Å².